The highest BCUT2D eigenvalue weighted by atomic mass is 16.5. The molecule has 1 aliphatic rings. The van der Waals surface area contributed by atoms with Crippen molar-refractivity contribution in [2.45, 2.75) is 12.3 Å². The van der Waals surface area contributed by atoms with Crippen molar-refractivity contribution in [1.29, 1.82) is 0 Å². The minimum atomic E-state index is -1.26. The summed E-state index contributed by atoms with van der Waals surface area (Å²) in [6.07, 6.45) is 3.74. The van der Waals surface area contributed by atoms with Gasteiger partial charge in [0.1, 0.15) is 0 Å². The van der Waals surface area contributed by atoms with Gasteiger partial charge in [-0.3, -0.25) is 4.79 Å². The Labute approximate surface area is 179 Å². The molecule has 2 aromatic rings. The van der Waals surface area contributed by atoms with Crippen LogP contribution < -0.4 is 15.8 Å². The number of aliphatic carboxylic acids is 2. The molecule has 9 nitrogen and oxygen atoms in total. The zero-order valence-corrected chi connectivity index (χ0v) is 16.8. The van der Waals surface area contributed by atoms with Crippen molar-refractivity contribution < 1.29 is 29.3 Å². The van der Waals surface area contributed by atoms with Crippen LogP contribution in [0.25, 0.3) is 0 Å². The average Bonchev–Trinajstić information content (AvgIpc) is 2.77. The molecular weight excluding hydrogens is 402 g/mol. The van der Waals surface area contributed by atoms with Crippen molar-refractivity contribution in [1.82, 2.24) is 10.3 Å². The molecule has 0 unspecified atom stereocenters. The SMILES string of the molecule is NC(=O)c1ncccc1OC[C@@H]1CNCC[C@H]1c1ccccc1.O=C(O)/C=C/C(=O)O. The summed E-state index contributed by atoms with van der Waals surface area (Å²) in [4.78, 5) is 34.5. The smallest absolute Gasteiger partial charge is 0.328 e. The molecule has 0 bridgehead atoms. The first-order valence-corrected chi connectivity index (χ1v) is 9.65. The van der Waals surface area contributed by atoms with E-state index in [0.717, 1.165) is 19.5 Å². The number of carbonyl (C=O) groups excluding carboxylic acids is 1. The number of primary amides is 1. The van der Waals surface area contributed by atoms with Crippen LogP contribution in [0.3, 0.4) is 0 Å². The molecule has 2 heterocycles. The van der Waals surface area contributed by atoms with Crippen LogP contribution in [0.5, 0.6) is 5.75 Å². The van der Waals surface area contributed by atoms with E-state index in [2.05, 4.69) is 34.6 Å². The van der Waals surface area contributed by atoms with Crippen LogP contribution in [0.15, 0.2) is 60.8 Å². The molecule has 9 heteroatoms. The van der Waals surface area contributed by atoms with Crippen molar-refractivity contribution in [3.8, 4) is 5.75 Å². The van der Waals surface area contributed by atoms with Crippen LogP contribution >= 0.6 is 0 Å². The van der Waals surface area contributed by atoms with Crippen LogP contribution in [0.1, 0.15) is 28.4 Å². The third-order valence-corrected chi connectivity index (χ3v) is 4.66. The number of amides is 1. The summed E-state index contributed by atoms with van der Waals surface area (Å²) in [7, 11) is 0. The number of aromatic nitrogens is 1. The Balaban J connectivity index is 0.000000366. The summed E-state index contributed by atoms with van der Waals surface area (Å²) < 4.78 is 5.89. The van der Waals surface area contributed by atoms with Gasteiger partial charge >= 0.3 is 11.9 Å². The highest BCUT2D eigenvalue weighted by molar-refractivity contribution is 5.93. The lowest BCUT2D eigenvalue weighted by Gasteiger charge is -2.32. The van der Waals surface area contributed by atoms with Crippen molar-refractivity contribution in [2.24, 2.45) is 11.7 Å². The second-order valence-electron chi connectivity index (χ2n) is 6.81. The Morgan fingerprint density at radius 1 is 1.10 bits per heavy atom. The second-order valence-corrected chi connectivity index (χ2v) is 6.81. The van der Waals surface area contributed by atoms with Gasteiger partial charge in [-0.1, -0.05) is 30.3 Å². The highest BCUT2D eigenvalue weighted by Crippen LogP contribution is 2.31. The van der Waals surface area contributed by atoms with Gasteiger partial charge < -0.3 is 26.0 Å². The molecule has 5 N–H and O–H groups in total. The van der Waals surface area contributed by atoms with Gasteiger partial charge in [0, 0.05) is 30.8 Å². The molecule has 1 aliphatic heterocycles. The average molecular weight is 427 g/mol. The number of nitrogens with two attached hydrogens (primary N) is 1. The zero-order valence-electron chi connectivity index (χ0n) is 16.8. The van der Waals surface area contributed by atoms with Crippen molar-refractivity contribution in [2.75, 3.05) is 19.7 Å². The van der Waals surface area contributed by atoms with Gasteiger partial charge in [-0.15, -0.1) is 0 Å². The van der Waals surface area contributed by atoms with Gasteiger partial charge in [-0.25, -0.2) is 14.6 Å². The quantitative estimate of drug-likeness (QED) is 0.487. The molecule has 1 amide bonds. The van der Waals surface area contributed by atoms with E-state index in [4.69, 9.17) is 20.7 Å². The van der Waals surface area contributed by atoms with E-state index in [1.54, 1.807) is 18.3 Å². The van der Waals surface area contributed by atoms with E-state index in [9.17, 15) is 14.4 Å². The Morgan fingerprint density at radius 3 is 2.39 bits per heavy atom. The Morgan fingerprint density at radius 2 is 1.77 bits per heavy atom. The van der Waals surface area contributed by atoms with Gasteiger partial charge in [0.05, 0.1) is 6.61 Å². The molecule has 1 aromatic heterocycles. The lowest BCUT2D eigenvalue weighted by atomic mass is 9.81. The largest absolute Gasteiger partial charge is 0.491 e. The summed E-state index contributed by atoms with van der Waals surface area (Å²) in [6.45, 7) is 2.43. The number of hydrogen-bond donors (Lipinski definition) is 4. The predicted octanol–water partition coefficient (Wildman–Crippen LogP) is 1.66. The van der Waals surface area contributed by atoms with Crippen LogP contribution in [-0.2, 0) is 9.59 Å². The van der Waals surface area contributed by atoms with Gasteiger partial charge in [0.25, 0.3) is 5.91 Å². The minimum Gasteiger partial charge on any atom is -0.491 e. The van der Waals surface area contributed by atoms with Crippen LogP contribution in [0.2, 0.25) is 0 Å². The number of pyridine rings is 1. The molecule has 1 fully saturated rings. The van der Waals surface area contributed by atoms with Gasteiger partial charge in [0.2, 0.25) is 0 Å². The zero-order chi connectivity index (χ0) is 22.6. The number of nitrogens with one attached hydrogen (secondary N) is 1. The van der Waals surface area contributed by atoms with Crippen molar-refractivity contribution in [3.05, 3.63) is 72.1 Å². The number of carboxylic acid groups (broad SMARTS) is 2. The fourth-order valence-corrected chi connectivity index (χ4v) is 3.27. The van der Waals surface area contributed by atoms with E-state index in [0.29, 0.717) is 36.3 Å². The topological polar surface area (TPSA) is 152 Å². The molecule has 0 saturated carbocycles. The Hall–Kier alpha value is -3.72. The van der Waals surface area contributed by atoms with E-state index >= 15 is 0 Å². The number of hydrogen-bond acceptors (Lipinski definition) is 6. The molecule has 164 valence electrons. The van der Waals surface area contributed by atoms with E-state index < -0.39 is 17.8 Å². The Bertz CT molecular complexity index is 900. The summed E-state index contributed by atoms with van der Waals surface area (Å²) in [5.74, 6) is -1.84. The number of ether oxygens (including phenoxy) is 1. The van der Waals surface area contributed by atoms with Gasteiger partial charge in [-0.05, 0) is 36.6 Å². The fraction of sp³-hybridized carbons (Fsp3) is 0.273. The first-order chi connectivity index (χ1) is 14.9. The number of piperidine rings is 1. The monoisotopic (exact) mass is 427 g/mol. The maximum Gasteiger partial charge on any atom is 0.328 e. The van der Waals surface area contributed by atoms with Crippen molar-refractivity contribution >= 4 is 17.8 Å². The van der Waals surface area contributed by atoms with E-state index in [1.165, 1.54) is 5.56 Å². The third-order valence-electron chi connectivity index (χ3n) is 4.66. The maximum absolute atomic E-state index is 11.4. The first kappa shape index (κ1) is 23.6. The molecule has 31 heavy (non-hydrogen) atoms. The highest BCUT2D eigenvalue weighted by Gasteiger charge is 2.27. The normalized spacial score (nSPS) is 17.9. The van der Waals surface area contributed by atoms with Gasteiger partial charge in [-0.2, -0.15) is 0 Å². The molecule has 2 atom stereocenters. The summed E-state index contributed by atoms with van der Waals surface area (Å²) in [6, 6.07) is 14.0. The molecule has 3 rings (SSSR count). The van der Waals surface area contributed by atoms with Gasteiger partial charge in [0.15, 0.2) is 11.4 Å². The predicted molar refractivity (Wildman–Crippen MR) is 113 cm³/mol. The fourth-order valence-electron chi connectivity index (χ4n) is 3.27. The molecule has 0 aliphatic carbocycles. The molecule has 1 aromatic carbocycles. The molecular formula is C22H25N3O6. The second kappa shape index (κ2) is 12.1. The first-order valence-electron chi connectivity index (χ1n) is 9.65. The standard InChI is InChI=1S/C18H21N3O2.C4H4O4/c19-18(22)17-16(7-4-9-21-17)23-12-14-11-20-10-8-15(14)13-5-2-1-3-6-13;5-3(6)1-2-4(7)8/h1-7,9,14-15,20H,8,10-12H2,(H2,19,22);1-2H,(H,5,6)(H,7,8)/b;2-1+/t14-,15-;/m0./s1. The molecule has 1 saturated heterocycles. The van der Waals surface area contributed by atoms with Crippen molar-refractivity contribution in [3.63, 3.8) is 0 Å². The number of carbonyl (C=O) groups is 3. The van der Waals surface area contributed by atoms with Crippen LogP contribution in [-0.4, -0.2) is 52.7 Å². The lowest BCUT2D eigenvalue weighted by molar-refractivity contribution is -0.134. The minimum absolute atomic E-state index is 0.188. The van der Waals surface area contributed by atoms with E-state index in [1.807, 2.05) is 6.07 Å². The third kappa shape index (κ3) is 7.90. The molecule has 0 spiro atoms. The maximum atomic E-state index is 11.4. The summed E-state index contributed by atoms with van der Waals surface area (Å²) >= 11 is 0. The number of rotatable bonds is 7. The summed E-state index contributed by atoms with van der Waals surface area (Å²) in [5, 5.41) is 19.0. The lowest BCUT2D eigenvalue weighted by Crippen LogP contribution is -2.38. The number of carboxylic acids is 2. The summed E-state index contributed by atoms with van der Waals surface area (Å²) in [5.41, 5.74) is 6.87. The van der Waals surface area contributed by atoms with Crippen LogP contribution in [0.4, 0.5) is 0 Å². The number of nitrogens with zero attached hydrogens (tertiary/aromatic N) is 1. The van der Waals surface area contributed by atoms with Crippen LogP contribution in [0, 0.1) is 5.92 Å². The Kier molecular flexibility index (Phi) is 9.18. The molecule has 0 radical (unpaired) electrons. The number of benzene rings is 1. The van der Waals surface area contributed by atoms with E-state index in [-0.39, 0.29) is 5.69 Å².